The van der Waals surface area contributed by atoms with Crippen molar-refractivity contribution < 1.29 is 21.2 Å². The molecule has 1 atom stereocenters. The molecule has 0 aliphatic heterocycles. The summed E-state index contributed by atoms with van der Waals surface area (Å²) in [6.07, 6.45) is 0.567. The summed E-state index contributed by atoms with van der Waals surface area (Å²) in [6, 6.07) is -1.03. The summed E-state index contributed by atoms with van der Waals surface area (Å²) >= 11 is 0. The summed E-state index contributed by atoms with van der Waals surface area (Å²) in [5.74, 6) is -1.55. The second-order valence-corrected chi connectivity index (χ2v) is 2.57. The van der Waals surface area contributed by atoms with Gasteiger partial charge in [-0.05, 0) is 6.42 Å². The molecule has 0 saturated heterocycles. The molecule has 5 nitrogen and oxygen atoms in total. The van der Waals surface area contributed by atoms with E-state index in [1.807, 2.05) is 0 Å². The van der Waals surface area contributed by atoms with Crippen LogP contribution < -0.4 is 5.32 Å². The third kappa shape index (κ3) is 5.19. The molecular weight excluding hydrogens is 174 g/mol. The molecule has 0 aromatic heterocycles. The molecule has 0 aromatic rings. The Morgan fingerprint density at radius 3 is 2.77 bits per heavy atom. The van der Waals surface area contributed by atoms with E-state index in [-0.39, 0.29) is 26.3 Å². The summed E-state index contributed by atoms with van der Waals surface area (Å²) in [5, 5.41) is 19.4. The van der Waals surface area contributed by atoms with Crippen LogP contribution >= 0.6 is 0 Å². The Labute approximate surface area is 78.2 Å². The zero-order valence-electron chi connectivity index (χ0n) is 8.32. The number of nitrogens with one attached hydrogen (secondary N) is 1. The van der Waals surface area contributed by atoms with Crippen LogP contribution in [0.4, 0.5) is 0 Å². The molecule has 3 N–H and O–H groups in total. The maximum atomic E-state index is 11.1. The van der Waals surface area contributed by atoms with Gasteiger partial charge in [0.2, 0.25) is 5.91 Å². The van der Waals surface area contributed by atoms with Gasteiger partial charge in [0.1, 0.15) is 6.04 Å². The molecule has 0 bridgehead atoms. The van der Waals surface area contributed by atoms with Gasteiger partial charge >= 0.3 is 5.97 Å². The quantitative estimate of drug-likeness (QED) is 0.538. The van der Waals surface area contributed by atoms with Gasteiger partial charge in [0, 0.05) is 20.8 Å². The van der Waals surface area contributed by atoms with Crippen molar-refractivity contribution in [1.82, 2.24) is 5.32 Å². The number of aliphatic hydroxyl groups excluding tert-OH is 1. The fourth-order valence-corrected chi connectivity index (χ4v) is 0.814. The van der Waals surface area contributed by atoms with Crippen LogP contribution in [-0.4, -0.2) is 34.7 Å². The molecule has 0 aliphatic rings. The zero-order valence-corrected chi connectivity index (χ0v) is 7.32. The van der Waals surface area contributed by atoms with E-state index in [1.54, 1.807) is 0 Å². The monoisotopic (exact) mass is 190 g/mol. The first kappa shape index (κ1) is 9.98. The SMILES string of the molecule is [2H]CCCC(=O)N[C@@H](CCO)C(=O)O. The number of carbonyl (C=O) groups excluding carboxylic acids is 1. The van der Waals surface area contributed by atoms with E-state index < -0.39 is 17.9 Å². The Morgan fingerprint density at radius 1 is 1.62 bits per heavy atom. The van der Waals surface area contributed by atoms with Gasteiger partial charge in [-0.25, -0.2) is 4.79 Å². The minimum atomic E-state index is -1.15. The summed E-state index contributed by atoms with van der Waals surface area (Å²) in [5.41, 5.74) is 0. The molecule has 0 spiro atoms. The van der Waals surface area contributed by atoms with E-state index in [4.69, 9.17) is 11.6 Å². The average Bonchev–Trinajstić information content (AvgIpc) is 2.14. The summed E-state index contributed by atoms with van der Waals surface area (Å²) < 4.78 is 6.81. The first-order chi connectivity index (χ1) is 6.61. The van der Waals surface area contributed by atoms with Gasteiger partial charge in [-0.2, -0.15) is 0 Å². The first-order valence-corrected chi connectivity index (χ1v) is 4.04. The van der Waals surface area contributed by atoms with E-state index >= 15 is 0 Å². The van der Waals surface area contributed by atoms with Crippen molar-refractivity contribution in [3.05, 3.63) is 0 Å². The molecule has 0 aromatic carbocycles. The lowest BCUT2D eigenvalue weighted by Gasteiger charge is -2.12. The number of aliphatic hydroxyl groups is 1. The number of hydrogen-bond acceptors (Lipinski definition) is 3. The lowest BCUT2D eigenvalue weighted by molar-refractivity contribution is -0.142. The predicted molar refractivity (Wildman–Crippen MR) is 46.2 cm³/mol. The normalized spacial score (nSPS) is 13.2. The molecule has 0 heterocycles. The number of carbonyl (C=O) groups is 2. The summed E-state index contributed by atoms with van der Waals surface area (Å²) in [4.78, 5) is 21.6. The molecule has 0 rings (SSSR count). The molecule has 76 valence electrons. The summed E-state index contributed by atoms with van der Waals surface area (Å²) in [7, 11) is 0. The van der Waals surface area contributed by atoms with Gasteiger partial charge in [0.05, 0.1) is 0 Å². The Morgan fingerprint density at radius 2 is 2.31 bits per heavy atom. The fraction of sp³-hybridized carbons (Fsp3) is 0.750. The van der Waals surface area contributed by atoms with Crippen LogP contribution in [0.25, 0.3) is 0 Å². The Balaban J connectivity index is 3.90. The predicted octanol–water partition coefficient (Wildman–Crippen LogP) is -0.262. The minimum Gasteiger partial charge on any atom is -0.480 e. The topological polar surface area (TPSA) is 86.6 Å². The second kappa shape index (κ2) is 6.42. The molecule has 5 heteroatoms. The van der Waals surface area contributed by atoms with E-state index in [1.165, 1.54) is 0 Å². The molecule has 0 saturated carbocycles. The molecule has 0 aliphatic carbocycles. The van der Waals surface area contributed by atoms with E-state index in [9.17, 15) is 9.59 Å². The zero-order chi connectivity index (χ0) is 11.0. The number of hydrogen-bond donors (Lipinski definition) is 3. The molecule has 0 unspecified atom stereocenters. The Bertz CT molecular complexity index is 198. The van der Waals surface area contributed by atoms with E-state index in [0.29, 0.717) is 6.42 Å². The van der Waals surface area contributed by atoms with Gasteiger partial charge in [-0.1, -0.05) is 6.90 Å². The van der Waals surface area contributed by atoms with Crippen molar-refractivity contribution in [3.63, 3.8) is 0 Å². The van der Waals surface area contributed by atoms with Gasteiger partial charge in [0.15, 0.2) is 0 Å². The van der Waals surface area contributed by atoms with Crippen LogP contribution in [0.15, 0.2) is 0 Å². The van der Waals surface area contributed by atoms with Gasteiger partial charge in [-0.3, -0.25) is 4.79 Å². The van der Waals surface area contributed by atoms with Gasteiger partial charge in [-0.15, -0.1) is 0 Å². The molecular formula is C8H15NO4. The highest BCUT2D eigenvalue weighted by Gasteiger charge is 2.18. The smallest absolute Gasteiger partial charge is 0.326 e. The minimum absolute atomic E-state index is 0.00193. The third-order valence-electron chi connectivity index (χ3n) is 1.45. The number of carboxylic acid groups (broad SMARTS) is 1. The van der Waals surface area contributed by atoms with E-state index in [0.717, 1.165) is 0 Å². The fourth-order valence-electron chi connectivity index (χ4n) is 0.814. The Hall–Kier alpha value is -1.10. The van der Waals surface area contributed by atoms with Crippen LogP contribution in [0.5, 0.6) is 0 Å². The van der Waals surface area contributed by atoms with Crippen molar-refractivity contribution in [1.29, 1.82) is 0 Å². The number of amides is 1. The largest absolute Gasteiger partial charge is 0.480 e. The molecule has 0 radical (unpaired) electrons. The number of carboxylic acids is 1. The molecule has 1 amide bonds. The second-order valence-electron chi connectivity index (χ2n) is 2.57. The Kier molecular flexibility index (Phi) is 4.93. The van der Waals surface area contributed by atoms with Crippen LogP contribution in [-0.2, 0) is 9.59 Å². The molecule has 13 heavy (non-hydrogen) atoms. The van der Waals surface area contributed by atoms with Gasteiger partial charge < -0.3 is 15.5 Å². The maximum Gasteiger partial charge on any atom is 0.326 e. The highest BCUT2D eigenvalue weighted by Crippen LogP contribution is 1.94. The van der Waals surface area contributed by atoms with Crippen LogP contribution in [0.2, 0.25) is 0 Å². The lowest BCUT2D eigenvalue weighted by atomic mass is 10.2. The number of aliphatic carboxylic acids is 1. The third-order valence-corrected chi connectivity index (χ3v) is 1.45. The highest BCUT2D eigenvalue weighted by molar-refractivity contribution is 5.83. The van der Waals surface area contributed by atoms with Crippen molar-refractivity contribution in [2.45, 2.75) is 32.2 Å². The van der Waals surface area contributed by atoms with Crippen LogP contribution in [0, 0.1) is 0 Å². The van der Waals surface area contributed by atoms with Gasteiger partial charge in [0.25, 0.3) is 0 Å². The van der Waals surface area contributed by atoms with Crippen molar-refractivity contribution in [3.8, 4) is 0 Å². The maximum absolute atomic E-state index is 11.1. The standard InChI is InChI=1S/C8H15NO4/c1-2-3-7(11)9-6(4-5-10)8(12)13/h6,10H,2-5H2,1H3,(H,9,11)(H,12,13)/t6-/m0/s1/i1D. The van der Waals surface area contributed by atoms with E-state index in [2.05, 4.69) is 5.32 Å². The van der Waals surface area contributed by atoms with Crippen molar-refractivity contribution in [2.24, 2.45) is 0 Å². The lowest BCUT2D eigenvalue weighted by Crippen LogP contribution is -2.41. The first-order valence-electron chi connectivity index (χ1n) is 4.74. The van der Waals surface area contributed by atoms with Crippen LogP contribution in [0.3, 0.4) is 0 Å². The number of rotatable bonds is 6. The highest BCUT2D eigenvalue weighted by atomic mass is 16.4. The van der Waals surface area contributed by atoms with Crippen LogP contribution in [0.1, 0.15) is 27.5 Å². The summed E-state index contributed by atoms with van der Waals surface area (Å²) in [6.45, 7) is -0.138. The van der Waals surface area contributed by atoms with Crippen molar-refractivity contribution in [2.75, 3.05) is 6.61 Å². The van der Waals surface area contributed by atoms with Crippen molar-refractivity contribution >= 4 is 11.9 Å². The molecule has 0 fully saturated rings. The average molecular weight is 190 g/mol.